The monoisotopic (exact) mass is 411 g/mol. The van der Waals surface area contributed by atoms with E-state index in [9.17, 15) is 22.8 Å². The summed E-state index contributed by atoms with van der Waals surface area (Å²) < 4.78 is 39.7. The van der Waals surface area contributed by atoms with Gasteiger partial charge in [0.05, 0.1) is 17.6 Å². The SMILES string of the molecule is O=C(CC1CCCC1)Nc1cc(C(=O)NCc2cncs2)cc(C(F)(F)F)c1. The number of hydrogen-bond donors (Lipinski definition) is 2. The highest BCUT2D eigenvalue weighted by molar-refractivity contribution is 7.09. The minimum atomic E-state index is -4.63. The third-order valence-corrected chi connectivity index (χ3v) is 5.44. The molecule has 2 N–H and O–H groups in total. The zero-order valence-electron chi connectivity index (χ0n) is 15.0. The molecule has 1 fully saturated rings. The van der Waals surface area contributed by atoms with E-state index in [-0.39, 0.29) is 36.0 Å². The fraction of sp³-hybridized carbons (Fsp3) is 0.421. The van der Waals surface area contributed by atoms with Crippen LogP contribution in [0.3, 0.4) is 0 Å². The molecule has 9 heteroatoms. The lowest BCUT2D eigenvalue weighted by Gasteiger charge is -2.14. The van der Waals surface area contributed by atoms with Gasteiger partial charge < -0.3 is 10.6 Å². The summed E-state index contributed by atoms with van der Waals surface area (Å²) in [5.74, 6) is -0.707. The molecule has 1 aromatic carbocycles. The van der Waals surface area contributed by atoms with Crippen molar-refractivity contribution in [1.82, 2.24) is 10.3 Å². The highest BCUT2D eigenvalue weighted by Crippen LogP contribution is 2.33. The van der Waals surface area contributed by atoms with E-state index in [0.29, 0.717) is 0 Å². The number of aromatic nitrogens is 1. The number of nitrogens with one attached hydrogen (secondary N) is 2. The second-order valence-electron chi connectivity index (χ2n) is 6.85. The second kappa shape index (κ2) is 8.72. The average Bonchev–Trinajstić information content (AvgIpc) is 3.32. The molecular weight excluding hydrogens is 391 g/mol. The van der Waals surface area contributed by atoms with Crippen LogP contribution in [0.2, 0.25) is 0 Å². The maximum absolute atomic E-state index is 13.2. The minimum Gasteiger partial charge on any atom is -0.347 e. The van der Waals surface area contributed by atoms with Crippen LogP contribution in [0.25, 0.3) is 0 Å². The molecule has 5 nitrogen and oxygen atoms in total. The summed E-state index contributed by atoms with van der Waals surface area (Å²) >= 11 is 1.33. The van der Waals surface area contributed by atoms with Gasteiger partial charge in [0, 0.05) is 28.7 Å². The van der Waals surface area contributed by atoms with Crippen molar-refractivity contribution >= 4 is 28.8 Å². The van der Waals surface area contributed by atoms with E-state index in [4.69, 9.17) is 0 Å². The Hall–Kier alpha value is -2.42. The van der Waals surface area contributed by atoms with Gasteiger partial charge in [-0.25, -0.2) is 0 Å². The van der Waals surface area contributed by atoms with Crippen LogP contribution in [0.15, 0.2) is 29.9 Å². The van der Waals surface area contributed by atoms with E-state index in [1.807, 2.05) is 0 Å². The average molecular weight is 411 g/mol. The van der Waals surface area contributed by atoms with Gasteiger partial charge in [-0.3, -0.25) is 14.6 Å². The van der Waals surface area contributed by atoms with Gasteiger partial charge >= 0.3 is 6.18 Å². The van der Waals surface area contributed by atoms with Crippen LogP contribution >= 0.6 is 11.3 Å². The third-order valence-electron chi connectivity index (χ3n) is 4.66. The standard InChI is InChI=1S/C19H20F3N3O2S/c20-19(21,22)14-6-13(18(27)24-10-16-9-23-11-28-16)7-15(8-14)25-17(26)5-12-3-1-2-4-12/h6-9,11-12H,1-5,10H2,(H,24,27)(H,25,26). The van der Waals surface area contributed by atoms with Gasteiger partial charge in [-0.05, 0) is 37.0 Å². The Bertz CT molecular complexity index is 831. The first-order chi connectivity index (χ1) is 13.3. The van der Waals surface area contributed by atoms with E-state index in [0.717, 1.165) is 42.7 Å². The predicted molar refractivity (Wildman–Crippen MR) is 99.9 cm³/mol. The quantitative estimate of drug-likeness (QED) is 0.729. The molecule has 0 saturated heterocycles. The largest absolute Gasteiger partial charge is 0.416 e. The van der Waals surface area contributed by atoms with Crippen molar-refractivity contribution in [3.63, 3.8) is 0 Å². The van der Waals surface area contributed by atoms with Crippen LogP contribution in [0.4, 0.5) is 18.9 Å². The smallest absolute Gasteiger partial charge is 0.347 e. The van der Waals surface area contributed by atoms with Crippen molar-refractivity contribution in [2.45, 2.75) is 44.8 Å². The number of thiazole rings is 1. The van der Waals surface area contributed by atoms with E-state index in [1.165, 1.54) is 17.4 Å². The fourth-order valence-electron chi connectivity index (χ4n) is 3.28. The van der Waals surface area contributed by atoms with Crippen LogP contribution in [-0.4, -0.2) is 16.8 Å². The minimum absolute atomic E-state index is 0.0271. The molecule has 0 bridgehead atoms. The summed E-state index contributed by atoms with van der Waals surface area (Å²) in [5, 5.41) is 5.09. The molecule has 1 aliphatic rings. The van der Waals surface area contributed by atoms with Crippen LogP contribution < -0.4 is 10.6 Å². The number of benzene rings is 1. The van der Waals surface area contributed by atoms with Gasteiger partial charge in [0.25, 0.3) is 5.91 Å². The molecule has 0 unspecified atom stereocenters. The third kappa shape index (κ3) is 5.54. The van der Waals surface area contributed by atoms with Gasteiger partial charge in [0.1, 0.15) is 0 Å². The van der Waals surface area contributed by atoms with Crippen molar-refractivity contribution < 1.29 is 22.8 Å². The molecule has 2 amide bonds. The van der Waals surface area contributed by atoms with Gasteiger partial charge in [0.2, 0.25) is 5.91 Å². The zero-order valence-corrected chi connectivity index (χ0v) is 15.8. The highest BCUT2D eigenvalue weighted by atomic mass is 32.1. The van der Waals surface area contributed by atoms with Crippen molar-refractivity contribution in [3.05, 3.63) is 45.9 Å². The van der Waals surface area contributed by atoms with Crippen molar-refractivity contribution in [1.29, 1.82) is 0 Å². The first-order valence-electron chi connectivity index (χ1n) is 8.99. The Kier molecular flexibility index (Phi) is 6.33. The molecule has 1 aromatic heterocycles. The molecular formula is C19H20F3N3O2S. The van der Waals surface area contributed by atoms with Crippen molar-refractivity contribution in [2.75, 3.05) is 5.32 Å². The Morgan fingerprint density at radius 2 is 1.93 bits per heavy atom. The van der Waals surface area contributed by atoms with Crippen LogP contribution in [0.5, 0.6) is 0 Å². The summed E-state index contributed by atoms with van der Waals surface area (Å²) in [6, 6.07) is 2.91. The maximum Gasteiger partial charge on any atom is 0.416 e. The van der Waals surface area contributed by atoms with E-state index in [2.05, 4.69) is 15.6 Å². The maximum atomic E-state index is 13.2. The molecule has 28 heavy (non-hydrogen) atoms. The van der Waals surface area contributed by atoms with Crippen LogP contribution in [0.1, 0.15) is 52.9 Å². The Balaban J connectivity index is 1.74. The molecule has 0 atom stereocenters. The lowest BCUT2D eigenvalue weighted by molar-refractivity contribution is -0.137. The number of hydrogen-bond acceptors (Lipinski definition) is 4. The zero-order chi connectivity index (χ0) is 20.1. The van der Waals surface area contributed by atoms with Crippen LogP contribution in [-0.2, 0) is 17.5 Å². The summed E-state index contributed by atoms with van der Waals surface area (Å²) in [7, 11) is 0. The summed E-state index contributed by atoms with van der Waals surface area (Å²) in [4.78, 5) is 29.2. The summed E-state index contributed by atoms with van der Waals surface area (Å²) in [6.07, 6.45) is 1.30. The molecule has 0 radical (unpaired) electrons. The van der Waals surface area contributed by atoms with Gasteiger partial charge in [0.15, 0.2) is 0 Å². The van der Waals surface area contributed by atoms with E-state index < -0.39 is 17.6 Å². The van der Waals surface area contributed by atoms with Gasteiger partial charge in [-0.1, -0.05) is 12.8 Å². The predicted octanol–water partition coefficient (Wildman–Crippen LogP) is 4.61. The molecule has 0 spiro atoms. The van der Waals surface area contributed by atoms with E-state index in [1.54, 1.807) is 11.7 Å². The van der Waals surface area contributed by atoms with Gasteiger partial charge in [-0.2, -0.15) is 13.2 Å². The van der Waals surface area contributed by atoms with Crippen LogP contribution in [0, 0.1) is 5.92 Å². The summed E-state index contributed by atoms with van der Waals surface area (Å²) in [6.45, 7) is 0.170. The fourth-order valence-corrected chi connectivity index (χ4v) is 3.82. The first kappa shape index (κ1) is 20.3. The number of anilines is 1. The topological polar surface area (TPSA) is 71.1 Å². The lowest BCUT2D eigenvalue weighted by atomic mass is 10.0. The molecule has 2 aromatic rings. The van der Waals surface area contributed by atoms with Gasteiger partial charge in [-0.15, -0.1) is 11.3 Å². The second-order valence-corrected chi connectivity index (χ2v) is 7.82. The number of amides is 2. The molecule has 0 aliphatic heterocycles. The summed E-state index contributed by atoms with van der Waals surface area (Å²) in [5.41, 5.74) is 0.439. The van der Waals surface area contributed by atoms with E-state index >= 15 is 0 Å². The Morgan fingerprint density at radius 1 is 1.18 bits per heavy atom. The highest BCUT2D eigenvalue weighted by Gasteiger charge is 2.32. The number of carbonyl (C=O) groups excluding carboxylic acids is 2. The van der Waals surface area contributed by atoms with Crippen molar-refractivity contribution in [3.8, 4) is 0 Å². The Morgan fingerprint density at radius 3 is 2.57 bits per heavy atom. The Labute approximate surface area is 164 Å². The number of halogens is 3. The molecule has 1 heterocycles. The molecule has 3 rings (SSSR count). The first-order valence-corrected chi connectivity index (χ1v) is 9.87. The van der Waals surface area contributed by atoms with Crippen molar-refractivity contribution in [2.24, 2.45) is 5.92 Å². The molecule has 150 valence electrons. The lowest BCUT2D eigenvalue weighted by Crippen LogP contribution is -2.23. The number of carbonyl (C=O) groups is 2. The number of rotatable bonds is 6. The molecule has 1 saturated carbocycles. The number of alkyl halides is 3. The number of nitrogens with zero attached hydrogens (tertiary/aromatic N) is 1. The molecule has 1 aliphatic carbocycles. The normalized spacial score (nSPS) is 14.8.